The topological polar surface area (TPSA) is 55.1 Å². The Kier molecular flexibility index (Phi) is 6.24. The van der Waals surface area contributed by atoms with Crippen LogP contribution in [0.15, 0.2) is 30.3 Å². The summed E-state index contributed by atoms with van der Waals surface area (Å²) in [5.74, 6) is 0.594. The SMILES string of the molecule is CC(C)(C)[C@H](N)C(=O)NC(Cc1ccccc1)C1CC1.Cl. The second-order valence-corrected chi connectivity index (χ2v) is 6.99. The average molecular weight is 311 g/mol. The van der Waals surface area contributed by atoms with Crippen LogP contribution in [0, 0.1) is 11.3 Å². The molecule has 0 heterocycles. The predicted octanol–water partition coefficient (Wildman–Crippen LogP) is 2.92. The molecule has 1 aromatic carbocycles. The molecule has 3 N–H and O–H groups in total. The Morgan fingerprint density at radius 1 is 1.29 bits per heavy atom. The van der Waals surface area contributed by atoms with Crippen molar-refractivity contribution in [1.82, 2.24) is 5.32 Å². The van der Waals surface area contributed by atoms with Gasteiger partial charge in [0.2, 0.25) is 5.91 Å². The Balaban J connectivity index is 0.00000220. The van der Waals surface area contributed by atoms with Crippen molar-refractivity contribution >= 4 is 18.3 Å². The van der Waals surface area contributed by atoms with Gasteiger partial charge in [-0.2, -0.15) is 0 Å². The minimum absolute atomic E-state index is 0. The molecule has 4 heteroatoms. The molecule has 1 fully saturated rings. The van der Waals surface area contributed by atoms with E-state index in [1.165, 1.54) is 18.4 Å². The van der Waals surface area contributed by atoms with Gasteiger partial charge in [-0.05, 0) is 36.2 Å². The van der Waals surface area contributed by atoms with Crippen molar-refractivity contribution in [3.63, 3.8) is 0 Å². The lowest BCUT2D eigenvalue weighted by molar-refractivity contribution is -0.125. The Morgan fingerprint density at radius 2 is 1.86 bits per heavy atom. The molecule has 1 aliphatic rings. The largest absolute Gasteiger partial charge is 0.351 e. The minimum atomic E-state index is -0.459. The molecule has 0 spiro atoms. The summed E-state index contributed by atoms with van der Waals surface area (Å²) in [6.45, 7) is 6.00. The number of amides is 1. The lowest BCUT2D eigenvalue weighted by atomic mass is 9.86. The fourth-order valence-corrected chi connectivity index (χ4v) is 2.37. The van der Waals surface area contributed by atoms with E-state index in [9.17, 15) is 4.79 Å². The van der Waals surface area contributed by atoms with Gasteiger partial charge in [-0.25, -0.2) is 0 Å². The summed E-state index contributed by atoms with van der Waals surface area (Å²) in [6, 6.07) is 10.1. The van der Waals surface area contributed by atoms with Crippen molar-refractivity contribution in [3.05, 3.63) is 35.9 Å². The molecule has 0 radical (unpaired) electrons. The van der Waals surface area contributed by atoms with Crippen molar-refractivity contribution in [2.24, 2.45) is 17.1 Å². The summed E-state index contributed by atoms with van der Waals surface area (Å²) in [7, 11) is 0. The summed E-state index contributed by atoms with van der Waals surface area (Å²) in [5, 5.41) is 3.17. The van der Waals surface area contributed by atoms with Crippen LogP contribution in [0.2, 0.25) is 0 Å². The fraction of sp³-hybridized carbons (Fsp3) is 0.588. The molecular weight excluding hydrogens is 284 g/mol. The van der Waals surface area contributed by atoms with Crippen LogP contribution < -0.4 is 11.1 Å². The maximum absolute atomic E-state index is 12.3. The number of hydrogen-bond donors (Lipinski definition) is 2. The first-order valence-corrected chi connectivity index (χ1v) is 7.48. The Labute approximate surface area is 134 Å². The number of carbonyl (C=O) groups is 1. The normalized spacial score (nSPS) is 17.5. The summed E-state index contributed by atoms with van der Waals surface area (Å²) >= 11 is 0. The molecule has 2 rings (SSSR count). The predicted molar refractivity (Wildman–Crippen MR) is 89.5 cm³/mol. The van der Waals surface area contributed by atoms with Crippen LogP contribution in [0.25, 0.3) is 0 Å². The molecule has 3 nitrogen and oxygen atoms in total. The number of benzene rings is 1. The van der Waals surface area contributed by atoms with Crippen molar-refractivity contribution < 1.29 is 4.79 Å². The Morgan fingerprint density at radius 3 is 2.33 bits per heavy atom. The molecule has 1 aliphatic carbocycles. The van der Waals surface area contributed by atoms with Gasteiger partial charge in [-0.3, -0.25) is 4.79 Å². The number of halogens is 1. The second-order valence-electron chi connectivity index (χ2n) is 6.99. The molecule has 0 saturated heterocycles. The third-order valence-electron chi connectivity index (χ3n) is 4.03. The van der Waals surface area contributed by atoms with Gasteiger partial charge in [-0.15, -0.1) is 12.4 Å². The number of nitrogens with two attached hydrogens (primary N) is 1. The van der Waals surface area contributed by atoms with Crippen molar-refractivity contribution in [2.45, 2.75) is 52.1 Å². The highest BCUT2D eigenvalue weighted by atomic mass is 35.5. The van der Waals surface area contributed by atoms with E-state index in [0.717, 1.165) is 6.42 Å². The van der Waals surface area contributed by atoms with Gasteiger partial charge in [0, 0.05) is 6.04 Å². The van der Waals surface area contributed by atoms with E-state index in [-0.39, 0.29) is 29.8 Å². The van der Waals surface area contributed by atoms with Crippen LogP contribution in [-0.4, -0.2) is 18.0 Å². The van der Waals surface area contributed by atoms with Crippen LogP contribution >= 0.6 is 12.4 Å². The maximum atomic E-state index is 12.3. The molecule has 0 aromatic heterocycles. The van der Waals surface area contributed by atoms with Gasteiger partial charge in [0.15, 0.2) is 0 Å². The quantitative estimate of drug-likeness (QED) is 0.878. The third kappa shape index (κ3) is 5.33. The summed E-state index contributed by atoms with van der Waals surface area (Å²) in [6.07, 6.45) is 3.32. The van der Waals surface area contributed by atoms with E-state index in [4.69, 9.17) is 5.73 Å². The third-order valence-corrected chi connectivity index (χ3v) is 4.03. The highest BCUT2D eigenvalue weighted by Crippen LogP contribution is 2.34. The van der Waals surface area contributed by atoms with Gasteiger partial charge in [-0.1, -0.05) is 51.1 Å². The molecule has 1 amide bonds. The van der Waals surface area contributed by atoms with E-state index in [0.29, 0.717) is 5.92 Å². The number of hydrogen-bond acceptors (Lipinski definition) is 2. The molecule has 1 aromatic rings. The Hall–Kier alpha value is -1.06. The lowest BCUT2D eigenvalue weighted by Crippen LogP contribution is -2.52. The first-order chi connectivity index (χ1) is 9.38. The smallest absolute Gasteiger partial charge is 0.237 e. The van der Waals surface area contributed by atoms with E-state index < -0.39 is 6.04 Å². The zero-order valence-corrected chi connectivity index (χ0v) is 14.0. The standard InChI is InChI=1S/C17H26N2O.ClH/c1-17(2,3)15(18)16(20)19-14(13-9-10-13)11-12-7-5-4-6-8-12;/h4-8,13-15H,9-11,18H2,1-3H3,(H,19,20);1H/t14?,15-;/m1./s1. The van der Waals surface area contributed by atoms with Crippen LogP contribution in [0.4, 0.5) is 0 Å². The van der Waals surface area contributed by atoms with Gasteiger partial charge in [0.05, 0.1) is 6.04 Å². The summed E-state index contributed by atoms with van der Waals surface area (Å²) in [4.78, 5) is 12.3. The lowest BCUT2D eigenvalue weighted by Gasteiger charge is -2.28. The zero-order chi connectivity index (χ0) is 14.8. The van der Waals surface area contributed by atoms with E-state index in [1.807, 2.05) is 39.0 Å². The van der Waals surface area contributed by atoms with E-state index in [1.54, 1.807) is 0 Å². The van der Waals surface area contributed by atoms with Crippen LogP contribution in [-0.2, 0) is 11.2 Å². The minimum Gasteiger partial charge on any atom is -0.351 e. The molecule has 2 atom stereocenters. The van der Waals surface area contributed by atoms with Crippen molar-refractivity contribution in [3.8, 4) is 0 Å². The molecule has 21 heavy (non-hydrogen) atoms. The van der Waals surface area contributed by atoms with Crippen molar-refractivity contribution in [2.75, 3.05) is 0 Å². The summed E-state index contributed by atoms with van der Waals surface area (Å²) in [5.41, 5.74) is 7.11. The molecule has 1 unspecified atom stereocenters. The highest BCUT2D eigenvalue weighted by Gasteiger charge is 2.35. The zero-order valence-electron chi connectivity index (χ0n) is 13.1. The molecule has 0 aliphatic heterocycles. The van der Waals surface area contributed by atoms with Gasteiger partial charge < -0.3 is 11.1 Å². The number of carbonyl (C=O) groups excluding carboxylic acids is 1. The first-order valence-electron chi connectivity index (χ1n) is 7.48. The fourth-order valence-electron chi connectivity index (χ4n) is 2.37. The molecule has 0 bridgehead atoms. The van der Waals surface area contributed by atoms with Crippen LogP contribution in [0.5, 0.6) is 0 Å². The monoisotopic (exact) mass is 310 g/mol. The maximum Gasteiger partial charge on any atom is 0.237 e. The molecule has 1 saturated carbocycles. The van der Waals surface area contributed by atoms with E-state index in [2.05, 4.69) is 17.4 Å². The van der Waals surface area contributed by atoms with E-state index >= 15 is 0 Å². The second kappa shape index (κ2) is 7.28. The summed E-state index contributed by atoms with van der Waals surface area (Å²) < 4.78 is 0. The van der Waals surface area contributed by atoms with Crippen LogP contribution in [0.1, 0.15) is 39.2 Å². The van der Waals surface area contributed by atoms with Gasteiger partial charge in [0.1, 0.15) is 0 Å². The van der Waals surface area contributed by atoms with Crippen molar-refractivity contribution in [1.29, 1.82) is 0 Å². The van der Waals surface area contributed by atoms with Gasteiger partial charge in [0.25, 0.3) is 0 Å². The van der Waals surface area contributed by atoms with Crippen LogP contribution in [0.3, 0.4) is 0 Å². The van der Waals surface area contributed by atoms with Gasteiger partial charge >= 0.3 is 0 Å². The average Bonchev–Trinajstić information content (AvgIpc) is 3.21. The molecule has 118 valence electrons. The highest BCUT2D eigenvalue weighted by molar-refractivity contribution is 5.85. The number of nitrogens with one attached hydrogen (secondary N) is 1. The number of rotatable bonds is 5. The first kappa shape index (κ1) is 18.0. The molecular formula is C17H27ClN2O. The Bertz CT molecular complexity index is 452.